The Bertz CT molecular complexity index is 895. The van der Waals surface area contributed by atoms with Gasteiger partial charge in [0.25, 0.3) is 0 Å². The third-order valence-electron chi connectivity index (χ3n) is 3.32. The highest BCUT2D eigenvalue weighted by Gasteiger charge is 2.17. The predicted octanol–water partition coefficient (Wildman–Crippen LogP) is 3.32. The van der Waals surface area contributed by atoms with Crippen LogP contribution in [0.1, 0.15) is 5.76 Å². The van der Waals surface area contributed by atoms with Crippen molar-refractivity contribution in [1.82, 2.24) is 0 Å². The molecule has 1 aromatic heterocycles. The van der Waals surface area contributed by atoms with Crippen LogP contribution in [0.25, 0.3) is 22.1 Å². The minimum atomic E-state index is -0.474. The molecule has 0 bridgehead atoms. The zero-order chi connectivity index (χ0) is 15.1. The molecule has 0 spiro atoms. The first-order valence-corrected chi connectivity index (χ1v) is 6.23. The summed E-state index contributed by atoms with van der Waals surface area (Å²) in [7, 11) is 0. The van der Waals surface area contributed by atoms with Gasteiger partial charge >= 0.3 is 0 Å². The Balaban J connectivity index is 2.38. The largest absolute Gasteiger partial charge is 0.504 e. The maximum atomic E-state index is 13.0. The lowest BCUT2D eigenvalue weighted by Crippen LogP contribution is -2.07. The van der Waals surface area contributed by atoms with Crippen molar-refractivity contribution in [1.29, 1.82) is 0 Å². The number of aryl methyl sites for hydroxylation is 1. The number of fused-ring (bicyclic) bond motifs is 1. The van der Waals surface area contributed by atoms with Gasteiger partial charge in [0.2, 0.25) is 11.2 Å². The second-order valence-electron chi connectivity index (χ2n) is 4.68. The summed E-state index contributed by atoms with van der Waals surface area (Å²) < 4.78 is 18.5. The summed E-state index contributed by atoms with van der Waals surface area (Å²) in [5, 5.41) is 19.4. The Morgan fingerprint density at radius 1 is 1.05 bits per heavy atom. The molecule has 0 aliphatic rings. The van der Waals surface area contributed by atoms with Crippen LogP contribution in [-0.4, -0.2) is 10.2 Å². The lowest BCUT2D eigenvalue weighted by atomic mass is 10.0. The molecule has 2 aromatic carbocycles. The fourth-order valence-electron chi connectivity index (χ4n) is 2.29. The fourth-order valence-corrected chi connectivity index (χ4v) is 2.29. The van der Waals surface area contributed by atoms with E-state index in [1.807, 2.05) is 0 Å². The quantitative estimate of drug-likeness (QED) is 0.673. The monoisotopic (exact) mass is 286 g/mol. The number of phenols is 2. The minimum Gasteiger partial charge on any atom is -0.504 e. The van der Waals surface area contributed by atoms with E-state index in [1.165, 1.54) is 36.4 Å². The molecule has 5 heteroatoms. The summed E-state index contributed by atoms with van der Waals surface area (Å²) in [6, 6.07) is 8.09. The van der Waals surface area contributed by atoms with Gasteiger partial charge < -0.3 is 14.6 Å². The van der Waals surface area contributed by atoms with Crippen LogP contribution in [0.5, 0.6) is 11.5 Å². The topological polar surface area (TPSA) is 70.7 Å². The van der Waals surface area contributed by atoms with Crippen molar-refractivity contribution in [2.24, 2.45) is 0 Å². The highest BCUT2D eigenvalue weighted by atomic mass is 19.1. The predicted molar refractivity (Wildman–Crippen MR) is 75.9 cm³/mol. The number of hydrogen-bond acceptors (Lipinski definition) is 4. The third-order valence-corrected chi connectivity index (χ3v) is 3.32. The van der Waals surface area contributed by atoms with Gasteiger partial charge in [-0.3, -0.25) is 4.79 Å². The second kappa shape index (κ2) is 4.63. The zero-order valence-electron chi connectivity index (χ0n) is 11.1. The molecule has 0 fully saturated rings. The normalized spacial score (nSPS) is 11.0. The summed E-state index contributed by atoms with van der Waals surface area (Å²) in [6.45, 7) is 1.57. The standard InChI is InChI=1S/C16H11FO4/c1-8-13(9-2-4-10(17)5-3-9)14(19)11-6-7-12(18)15(20)16(11)21-8/h2-7,18,20H,1H3. The summed E-state index contributed by atoms with van der Waals surface area (Å²) in [6.07, 6.45) is 0. The van der Waals surface area contributed by atoms with E-state index < -0.39 is 11.6 Å². The Morgan fingerprint density at radius 2 is 1.71 bits per heavy atom. The van der Waals surface area contributed by atoms with Crippen LogP contribution in [0, 0.1) is 12.7 Å². The lowest BCUT2D eigenvalue weighted by Gasteiger charge is -2.08. The Hall–Kier alpha value is -2.82. The summed E-state index contributed by atoms with van der Waals surface area (Å²) >= 11 is 0. The summed E-state index contributed by atoms with van der Waals surface area (Å²) in [5.74, 6) is -0.956. The maximum absolute atomic E-state index is 13.0. The van der Waals surface area contributed by atoms with E-state index >= 15 is 0 Å². The average molecular weight is 286 g/mol. The van der Waals surface area contributed by atoms with Gasteiger partial charge in [-0.2, -0.15) is 0 Å². The van der Waals surface area contributed by atoms with Crippen LogP contribution in [0.3, 0.4) is 0 Å². The molecule has 0 aliphatic carbocycles. The average Bonchev–Trinajstić information content (AvgIpc) is 2.45. The fraction of sp³-hybridized carbons (Fsp3) is 0.0625. The van der Waals surface area contributed by atoms with Crippen LogP contribution in [-0.2, 0) is 0 Å². The number of halogens is 1. The number of phenolic OH excluding ortho intramolecular Hbond substituents is 2. The van der Waals surface area contributed by atoms with E-state index in [-0.39, 0.29) is 27.9 Å². The van der Waals surface area contributed by atoms with Crippen LogP contribution >= 0.6 is 0 Å². The molecule has 0 saturated carbocycles. The maximum Gasteiger partial charge on any atom is 0.201 e. The minimum absolute atomic E-state index is 0.0663. The van der Waals surface area contributed by atoms with Crippen LogP contribution in [0.4, 0.5) is 4.39 Å². The van der Waals surface area contributed by atoms with Crippen molar-refractivity contribution < 1.29 is 19.0 Å². The molecule has 3 rings (SSSR count). The van der Waals surface area contributed by atoms with Crippen LogP contribution in [0.2, 0.25) is 0 Å². The number of benzene rings is 2. The molecule has 2 N–H and O–H groups in total. The molecule has 106 valence electrons. The second-order valence-corrected chi connectivity index (χ2v) is 4.68. The summed E-state index contributed by atoms with van der Waals surface area (Å²) in [4.78, 5) is 12.6. The third kappa shape index (κ3) is 2.03. The first-order valence-electron chi connectivity index (χ1n) is 6.23. The van der Waals surface area contributed by atoms with Crippen molar-refractivity contribution in [3.05, 3.63) is 58.2 Å². The lowest BCUT2D eigenvalue weighted by molar-refractivity contribution is 0.398. The van der Waals surface area contributed by atoms with Crippen molar-refractivity contribution in [3.8, 4) is 22.6 Å². The Morgan fingerprint density at radius 3 is 2.38 bits per heavy atom. The molecular weight excluding hydrogens is 275 g/mol. The van der Waals surface area contributed by atoms with Gasteiger partial charge in [-0.1, -0.05) is 12.1 Å². The highest BCUT2D eigenvalue weighted by molar-refractivity contribution is 5.88. The molecule has 0 saturated heterocycles. The molecule has 0 radical (unpaired) electrons. The number of hydrogen-bond donors (Lipinski definition) is 2. The van der Waals surface area contributed by atoms with Crippen molar-refractivity contribution in [2.45, 2.75) is 6.92 Å². The molecule has 4 nitrogen and oxygen atoms in total. The van der Waals surface area contributed by atoms with E-state index in [0.29, 0.717) is 11.1 Å². The van der Waals surface area contributed by atoms with Gasteiger partial charge in [-0.15, -0.1) is 0 Å². The van der Waals surface area contributed by atoms with E-state index in [1.54, 1.807) is 6.92 Å². The molecule has 0 unspecified atom stereocenters. The Labute approximate surface area is 118 Å². The van der Waals surface area contributed by atoms with E-state index in [2.05, 4.69) is 0 Å². The van der Waals surface area contributed by atoms with Crippen molar-refractivity contribution in [3.63, 3.8) is 0 Å². The van der Waals surface area contributed by atoms with Crippen molar-refractivity contribution >= 4 is 11.0 Å². The Kier molecular flexibility index (Phi) is 2.90. The molecule has 0 aliphatic heterocycles. The first kappa shape index (κ1) is 13.2. The van der Waals surface area contributed by atoms with Gasteiger partial charge in [-0.25, -0.2) is 4.39 Å². The summed E-state index contributed by atoms with van der Waals surface area (Å²) in [5.41, 5.74) is 0.406. The van der Waals surface area contributed by atoms with Gasteiger partial charge in [0.05, 0.1) is 10.9 Å². The van der Waals surface area contributed by atoms with Gasteiger partial charge in [0.1, 0.15) is 11.6 Å². The van der Waals surface area contributed by atoms with Crippen molar-refractivity contribution in [2.75, 3.05) is 0 Å². The van der Waals surface area contributed by atoms with Crippen LogP contribution in [0.15, 0.2) is 45.6 Å². The number of rotatable bonds is 1. The van der Waals surface area contributed by atoms with E-state index in [9.17, 15) is 19.4 Å². The number of aromatic hydroxyl groups is 2. The van der Waals surface area contributed by atoms with Crippen LogP contribution < -0.4 is 5.43 Å². The van der Waals surface area contributed by atoms with E-state index in [4.69, 9.17) is 4.42 Å². The highest BCUT2D eigenvalue weighted by Crippen LogP contribution is 2.34. The van der Waals surface area contributed by atoms with Gasteiger partial charge in [0.15, 0.2) is 11.3 Å². The molecule has 0 amide bonds. The van der Waals surface area contributed by atoms with Gasteiger partial charge in [0, 0.05) is 0 Å². The molecular formula is C16H11FO4. The van der Waals surface area contributed by atoms with E-state index in [0.717, 1.165) is 0 Å². The molecule has 1 heterocycles. The molecule has 3 aromatic rings. The van der Waals surface area contributed by atoms with Gasteiger partial charge in [-0.05, 0) is 36.8 Å². The molecule has 21 heavy (non-hydrogen) atoms. The first-order chi connectivity index (χ1) is 9.99. The zero-order valence-corrected chi connectivity index (χ0v) is 11.1. The SMILES string of the molecule is Cc1oc2c(O)c(O)ccc2c(=O)c1-c1ccc(F)cc1. The smallest absolute Gasteiger partial charge is 0.201 e. The molecule has 0 atom stereocenters.